The lowest BCUT2D eigenvalue weighted by Crippen LogP contribution is -2.28. The number of carbonyl (C=O) groups excluding carboxylic acids is 1. The Labute approximate surface area is 99.0 Å². The molecule has 2 nitrogen and oxygen atoms in total. The lowest BCUT2D eigenvalue weighted by atomic mass is 10.2. The second-order valence-corrected chi connectivity index (χ2v) is 3.96. The van der Waals surface area contributed by atoms with Gasteiger partial charge in [-0.3, -0.25) is 4.79 Å². The van der Waals surface area contributed by atoms with Crippen LogP contribution in [0.3, 0.4) is 0 Å². The van der Waals surface area contributed by atoms with Crippen molar-refractivity contribution < 1.29 is 18.0 Å². The molecule has 0 saturated carbocycles. The maximum Gasteiger partial charge on any atom is 0.390 e. The second-order valence-electron chi connectivity index (χ2n) is 3.10. The van der Waals surface area contributed by atoms with Gasteiger partial charge in [0.25, 0.3) is 5.91 Å². The highest BCUT2D eigenvalue weighted by atomic mass is 79.9. The van der Waals surface area contributed by atoms with E-state index in [1.165, 1.54) is 6.07 Å². The Morgan fingerprint density at radius 1 is 1.31 bits per heavy atom. The topological polar surface area (TPSA) is 29.1 Å². The Morgan fingerprint density at radius 2 is 1.94 bits per heavy atom. The Bertz CT molecular complexity index is 379. The van der Waals surface area contributed by atoms with Crippen molar-refractivity contribution in [1.29, 1.82) is 0 Å². The van der Waals surface area contributed by atoms with Crippen LogP contribution < -0.4 is 5.32 Å². The Hall–Kier alpha value is -1.04. The highest BCUT2D eigenvalue weighted by molar-refractivity contribution is 9.10. The van der Waals surface area contributed by atoms with Crippen LogP contribution in [0.25, 0.3) is 0 Å². The van der Waals surface area contributed by atoms with Gasteiger partial charge in [0, 0.05) is 11.0 Å². The summed E-state index contributed by atoms with van der Waals surface area (Å²) in [7, 11) is 0. The van der Waals surface area contributed by atoms with Crippen LogP contribution in [0.2, 0.25) is 0 Å². The molecule has 6 heteroatoms. The van der Waals surface area contributed by atoms with Crippen molar-refractivity contribution in [1.82, 2.24) is 5.32 Å². The highest BCUT2D eigenvalue weighted by Crippen LogP contribution is 2.19. The van der Waals surface area contributed by atoms with E-state index in [9.17, 15) is 18.0 Å². The van der Waals surface area contributed by atoms with Crippen molar-refractivity contribution in [3.8, 4) is 0 Å². The smallest absolute Gasteiger partial charge is 0.352 e. The lowest BCUT2D eigenvalue weighted by Gasteiger charge is -2.08. The summed E-state index contributed by atoms with van der Waals surface area (Å²) in [5, 5.41) is 2.21. The number of nitrogens with one attached hydrogen (secondary N) is 1. The molecule has 0 fully saturated rings. The predicted molar refractivity (Wildman–Crippen MR) is 57.1 cm³/mol. The Morgan fingerprint density at radius 3 is 2.50 bits per heavy atom. The molecule has 1 N–H and O–H groups in total. The number of alkyl halides is 3. The average molecular weight is 296 g/mol. The van der Waals surface area contributed by atoms with Gasteiger partial charge in [-0.25, -0.2) is 0 Å². The number of rotatable bonds is 3. The van der Waals surface area contributed by atoms with Crippen molar-refractivity contribution in [2.75, 3.05) is 6.54 Å². The average Bonchev–Trinajstić information content (AvgIpc) is 2.16. The highest BCUT2D eigenvalue weighted by Gasteiger charge is 2.26. The van der Waals surface area contributed by atoms with E-state index in [1.807, 2.05) is 0 Å². The zero-order chi connectivity index (χ0) is 12.2. The number of benzene rings is 1. The van der Waals surface area contributed by atoms with E-state index in [-0.39, 0.29) is 0 Å². The van der Waals surface area contributed by atoms with E-state index in [0.717, 1.165) is 0 Å². The number of hydrogen-bond acceptors (Lipinski definition) is 1. The molecule has 1 aromatic carbocycles. The zero-order valence-corrected chi connectivity index (χ0v) is 9.73. The molecule has 0 aliphatic rings. The second kappa shape index (κ2) is 5.34. The molecular weight excluding hydrogens is 287 g/mol. The maximum absolute atomic E-state index is 11.8. The Kier molecular flexibility index (Phi) is 4.35. The summed E-state index contributed by atoms with van der Waals surface area (Å²) >= 11 is 3.15. The molecule has 0 spiro atoms. The van der Waals surface area contributed by atoms with Gasteiger partial charge in [-0.05, 0) is 28.1 Å². The van der Waals surface area contributed by atoms with Crippen molar-refractivity contribution in [2.45, 2.75) is 12.6 Å². The minimum absolute atomic E-state index is 0.324. The van der Waals surface area contributed by atoms with Gasteiger partial charge in [0.05, 0.1) is 12.0 Å². The van der Waals surface area contributed by atoms with Gasteiger partial charge < -0.3 is 5.32 Å². The van der Waals surface area contributed by atoms with Crippen LogP contribution in [-0.2, 0) is 0 Å². The first-order valence-electron chi connectivity index (χ1n) is 4.49. The van der Waals surface area contributed by atoms with E-state index in [0.29, 0.717) is 10.0 Å². The van der Waals surface area contributed by atoms with Crippen LogP contribution >= 0.6 is 15.9 Å². The van der Waals surface area contributed by atoms with Gasteiger partial charge in [0.1, 0.15) is 0 Å². The third-order valence-electron chi connectivity index (χ3n) is 1.81. The first kappa shape index (κ1) is 13.0. The van der Waals surface area contributed by atoms with Gasteiger partial charge in [-0.15, -0.1) is 0 Å². The van der Waals surface area contributed by atoms with Gasteiger partial charge in [0.2, 0.25) is 0 Å². The summed E-state index contributed by atoms with van der Waals surface area (Å²) in [6.07, 6.45) is -5.27. The molecule has 0 heterocycles. The van der Waals surface area contributed by atoms with Crippen molar-refractivity contribution in [2.24, 2.45) is 0 Å². The van der Waals surface area contributed by atoms with E-state index >= 15 is 0 Å². The van der Waals surface area contributed by atoms with E-state index in [4.69, 9.17) is 0 Å². The third-order valence-corrected chi connectivity index (χ3v) is 2.50. The number of carbonyl (C=O) groups is 1. The number of halogens is 4. The largest absolute Gasteiger partial charge is 0.390 e. The first-order valence-corrected chi connectivity index (χ1v) is 5.29. The summed E-state index contributed by atoms with van der Waals surface area (Å²) in [5.41, 5.74) is 0.324. The van der Waals surface area contributed by atoms with Crippen molar-refractivity contribution in [3.63, 3.8) is 0 Å². The van der Waals surface area contributed by atoms with Crippen LogP contribution in [-0.4, -0.2) is 18.6 Å². The molecule has 0 bridgehead atoms. The predicted octanol–water partition coefficient (Wildman–Crippen LogP) is 3.13. The normalized spacial score (nSPS) is 11.2. The van der Waals surface area contributed by atoms with Crippen molar-refractivity contribution >= 4 is 21.8 Å². The van der Waals surface area contributed by atoms with E-state index < -0.39 is 25.0 Å². The SMILES string of the molecule is O=C(NCCC(F)(F)F)c1ccccc1Br. The van der Waals surface area contributed by atoms with E-state index in [1.54, 1.807) is 18.2 Å². The number of hydrogen-bond donors (Lipinski definition) is 1. The molecule has 0 radical (unpaired) electrons. The maximum atomic E-state index is 11.8. The quantitative estimate of drug-likeness (QED) is 0.912. The van der Waals surface area contributed by atoms with E-state index in [2.05, 4.69) is 21.2 Å². The van der Waals surface area contributed by atoms with Crippen LogP contribution in [0, 0.1) is 0 Å². The minimum Gasteiger partial charge on any atom is -0.352 e. The van der Waals surface area contributed by atoms with Gasteiger partial charge in [-0.1, -0.05) is 12.1 Å². The molecule has 0 aliphatic heterocycles. The van der Waals surface area contributed by atoms with Gasteiger partial charge >= 0.3 is 6.18 Å². The first-order chi connectivity index (χ1) is 7.40. The van der Waals surface area contributed by atoms with Crippen LogP contribution in [0.1, 0.15) is 16.8 Å². The monoisotopic (exact) mass is 295 g/mol. The molecule has 0 atom stereocenters. The fourth-order valence-electron chi connectivity index (χ4n) is 1.06. The molecule has 1 aromatic rings. The van der Waals surface area contributed by atoms with Gasteiger partial charge in [0.15, 0.2) is 0 Å². The molecule has 0 aliphatic carbocycles. The van der Waals surface area contributed by atoms with Crippen LogP contribution in [0.4, 0.5) is 13.2 Å². The molecule has 0 unspecified atom stereocenters. The molecule has 0 saturated heterocycles. The Balaban J connectivity index is 2.51. The fourth-order valence-corrected chi connectivity index (χ4v) is 1.52. The van der Waals surface area contributed by atoms with Crippen LogP contribution in [0.5, 0.6) is 0 Å². The molecule has 16 heavy (non-hydrogen) atoms. The third kappa shape index (κ3) is 4.22. The summed E-state index contributed by atoms with van der Waals surface area (Å²) in [5.74, 6) is -0.517. The molecular formula is C10H9BrF3NO. The minimum atomic E-state index is -4.25. The van der Waals surface area contributed by atoms with Crippen LogP contribution in [0.15, 0.2) is 28.7 Å². The fraction of sp³-hybridized carbons (Fsp3) is 0.300. The summed E-state index contributed by atoms with van der Waals surface area (Å²) in [6, 6.07) is 6.55. The summed E-state index contributed by atoms with van der Waals surface area (Å²) in [4.78, 5) is 11.4. The summed E-state index contributed by atoms with van der Waals surface area (Å²) in [6.45, 7) is -0.413. The lowest BCUT2D eigenvalue weighted by molar-refractivity contribution is -0.132. The molecule has 88 valence electrons. The standard InChI is InChI=1S/C10H9BrF3NO/c11-8-4-2-1-3-7(8)9(16)15-6-5-10(12,13)14/h1-4H,5-6H2,(H,15,16). The van der Waals surface area contributed by atoms with Gasteiger partial charge in [-0.2, -0.15) is 13.2 Å². The number of amides is 1. The zero-order valence-electron chi connectivity index (χ0n) is 8.14. The molecule has 1 rings (SSSR count). The summed E-state index contributed by atoms with van der Waals surface area (Å²) < 4.78 is 36.0. The molecule has 0 aromatic heterocycles. The van der Waals surface area contributed by atoms with Crippen molar-refractivity contribution in [3.05, 3.63) is 34.3 Å². The molecule has 1 amide bonds.